The van der Waals surface area contributed by atoms with Crippen LogP contribution in [0, 0.1) is 11.8 Å². The molecule has 1 aromatic rings. The number of hydrogen-bond acceptors (Lipinski definition) is 7. The fraction of sp³-hybridized carbons (Fsp3) is 0.500. The molecule has 26 heavy (non-hydrogen) atoms. The van der Waals surface area contributed by atoms with E-state index < -0.39 is 41.8 Å². The highest BCUT2D eigenvalue weighted by Gasteiger charge is 2.55. The number of rotatable bonds is 6. The summed E-state index contributed by atoms with van der Waals surface area (Å²) in [4.78, 5) is 37.5. The minimum atomic E-state index is -1.04. The highest BCUT2D eigenvalue weighted by molar-refractivity contribution is 9.10. The zero-order valence-corrected chi connectivity index (χ0v) is 16.4. The predicted molar refractivity (Wildman–Crippen MR) is 96.1 cm³/mol. The van der Waals surface area contributed by atoms with E-state index in [0.717, 1.165) is 10.0 Å². The molecule has 0 saturated carbocycles. The standard InChI is InChI=1S/C18H22BrNO6/c1-4-25-16(21)12-13(17(22)26-5-2)15(18(23)24-3)20-14(12)10-8-6-7-9-11(10)19/h6-9,12-15,20H,4-5H2,1-3H3/t12-,13+,14+,15+/m0/s1. The van der Waals surface area contributed by atoms with Gasteiger partial charge in [0.05, 0.1) is 32.2 Å². The van der Waals surface area contributed by atoms with Crippen molar-refractivity contribution in [1.82, 2.24) is 5.32 Å². The Morgan fingerprint density at radius 3 is 2.12 bits per heavy atom. The zero-order chi connectivity index (χ0) is 19.3. The van der Waals surface area contributed by atoms with E-state index in [1.165, 1.54) is 7.11 Å². The molecule has 1 aromatic carbocycles. The summed E-state index contributed by atoms with van der Waals surface area (Å²) in [5.74, 6) is -3.80. The second-order valence-electron chi connectivity index (χ2n) is 5.72. The minimum absolute atomic E-state index is 0.137. The van der Waals surface area contributed by atoms with Gasteiger partial charge in [-0.25, -0.2) is 0 Å². The van der Waals surface area contributed by atoms with Gasteiger partial charge in [-0.1, -0.05) is 34.1 Å². The van der Waals surface area contributed by atoms with Crippen LogP contribution in [0.1, 0.15) is 25.5 Å². The maximum atomic E-state index is 12.7. The number of carbonyl (C=O) groups excluding carboxylic acids is 3. The predicted octanol–water partition coefficient (Wildman–Crippen LogP) is 1.99. The quantitative estimate of drug-likeness (QED) is 0.548. The SMILES string of the molecule is CCOC(=O)[C@@H]1[C@H](C(=O)OCC)[C@@H](c2ccccc2Br)N[C@H]1C(=O)OC. The maximum Gasteiger partial charge on any atom is 0.323 e. The largest absolute Gasteiger partial charge is 0.468 e. The summed E-state index contributed by atoms with van der Waals surface area (Å²) in [5.41, 5.74) is 0.742. The molecule has 142 valence electrons. The van der Waals surface area contributed by atoms with Crippen LogP contribution in [-0.2, 0) is 28.6 Å². The van der Waals surface area contributed by atoms with Crippen LogP contribution in [0.4, 0.5) is 0 Å². The van der Waals surface area contributed by atoms with Crippen molar-refractivity contribution in [1.29, 1.82) is 0 Å². The monoisotopic (exact) mass is 427 g/mol. The van der Waals surface area contributed by atoms with E-state index in [9.17, 15) is 14.4 Å². The smallest absolute Gasteiger partial charge is 0.323 e. The van der Waals surface area contributed by atoms with Crippen molar-refractivity contribution in [3.8, 4) is 0 Å². The Morgan fingerprint density at radius 2 is 1.58 bits per heavy atom. The lowest BCUT2D eigenvalue weighted by atomic mass is 9.84. The Labute approximate surface area is 160 Å². The number of esters is 3. The Balaban J connectivity index is 2.52. The third-order valence-electron chi connectivity index (χ3n) is 4.28. The van der Waals surface area contributed by atoms with Gasteiger partial charge in [-0.3, -0.25) is 19.7 Å². The number of carbonyl (C=O) groups is 3. The third-order valence-corrected chi connectivity index (χ3v) is 5.00. The molecule has 0 aromatic heterocycles. The lowest BCUT2D eigenvalue weighted by molar-refractivity contribution is -0.162. The van der Waals surface area contributed by atoms with Gasteiger partial charge in [0.1, 0.15) is 6.04 Å². The van der Waals surface area contributed by atoms with Crippen LogP contribution >= 0.6 is 15.9 Å². The van der Waals surface area contributed by atoms with E-state index in [1.54, 1.807) is 13.8 Å². The van der Waals surface area contributed by atoms with Crippen LogP contribution in [0.3, 0.4) is 0 Å². The molecule has 0 bridgehead atoms. The van der Waals surface area contributed by atoms with Gasteiger partial charge in [0.25, 0.3) is 0 Å². The fourth-order valence-electron chi connectivity index (χ4n) is 3.21. The van der Waals surface area contributed by atoms with Crippen LogP contribution in [0.2, 0.25) is 0 Å². The lowest BCUT2D eigenvalue weighted by Gasteiger charge is -2.22. The average Bonchev–Trinajstić information content (AvgIpc) is 3.02. The van der Waals surface area contributed by atoms with Crippen LogP contribution in [0.15, 0.2) is 28.7 Å². The Morgan fingerprint density at radius 1 is 1.00 bits per heavy atom. The van der Waals surface area contributed by atoms with Gasteiger partial charge in [-0.15, -0.1) is 0 Å². The first-order chi connectivity index (χ1) is 12.5. The normalized spacial score (nSPS) is 24.8. The maximum absolute atomic E-state index is 12.7. The van der Waals surface area contributed by atoms with Gasteiger partial charge in [0, 0.05) is 10.5 Å². The second-order valence-corrected chi connectivity index (χ2v) is 6.58. The summed E-state index contributed by atoms with van der Waals surface area (Å²) in [6.07, 6.45) is 0. The first-order valence-electron chi connectivity index (χ1n) is 8.37. The first kappa shape index (κ1) is 20.4. The van der Waals surface area contributed by atoms with Crippen molar-refractivity contribution in [2.45, 2.75) is 25.9 Å². The highest BCUT2D eigenvalue weighted by atomic mass is 79.9. The number of methoxy groups -OCH3 is 1. The summed E-state index contributed by atoms with van der Waals surface area (Å²) in [6, 6.07) is 5.67. The minimum Gasteiger partial charge on any atom is -0.468 e. The van der Waals surface area contributed by atoms with Gasteiger partial charge in [0.2, 0.25) is 0 Å². The molecule has 2 rings (SSSR count). The van der Waals surface area contributed by atoms with E-state index in [2.05, 4.69) is 21.2 Å². The topological polar surface area (TPSA) is 90.9 Å². The highest BCUT2D eigenvalue weighted by Crippen LogP contribution is 2.41. The molecule has 1 aliphatic heterocycles. The van der Waals surface area contributed by atoms with Crippen LogP contribution in [0.5, 0.6) is 0 Å². The molecule has 1 saturated heterocycles. The van der Waals surface area contributed by atoms with E-state index in [4.69, 9.17) is 14.2 Å². The first-order valence-corrected chi connectivity index (χ1v) is 9.17. The molecule has 4 atom stereocenters. The van der Waals surface area contributed by atoms with Gasteiger partial charge < -0.3 is 14.2 Å². The van der Waals surface area contributed by atoms with Crippen molar-refractivity contribution in [2.24, 2.45) is 11.8 Å². The second kappa shape index (κ2) is 9.14. The molecule has 8 heteroatoms. The van der Waals surface area contributed by atoms with E-state index in [0.29, 0.717) is 0 Å². The lowest BCUT2D eigenvalue weighted by Crippen LogP contribution is -2.42. The third kappa shape index (κ3) is 4.07. The molecule has 0 spiro atoms. The molecular weight excluding hydrogens is 406 g/mol. The summed E-state index contributed by atoms with van der Waals surface area (Å²) >= 11 is 3.46. The summed E-state index contributed by atoms with van der Waals surface area (Å²) in [5, 5.41) is 3.07. The molecule has 1 aliphatic rings. The van der Waals surface area contributed by atoms with Gasteiger partial charge in [-0.05, 0) is 25.5 Å². The summed E-state index contributed by atoms with van der Waals surface area (Å²) in [6.45, 7) is 3.65. The summed E-state index contributed by atoms with van der Waals surface area (Å²) < 4.78 is 15.9. The van der Waals surface area contributed by atoms with E-state index in [-0.39, 0.29) is 13.2 Å². The van der Waals surface area contributed by atoms with Gasteiger partial charge in [-0.2, -0.15) is 0 Å². The van der Waals surface area contributed by atoms with Crippen LogP contribution < -0.4 is 5.32 Å². The zero-order valence-electron chi connectivity index (χ0n) is 14.9. The van der Waals surface area contributed by atoms with Gasteiger partial charge in [0.15, 0.2) is 0 Å². The van der Waals surface area contributed by atoms with Gasteiger partial charge >= 0.3 is 17.9 Å². The molecule has 0 aliphatic carbocycles. The Bertz CT molecular complexity index is 679. The van der Waals surface area contributed by atoms with E-state index in [1.807, 2.05) is 24.3 Å². The number of nitrogens with one attached hydrogen (secondary N) is 1. The van der Waals surface area contributed by atoms with Crippen LogP contribution in [-0.4, -0.2) is 44.3 Å². The van der Waals surface area contributed by atoms with Crippen molar-refractivity contribution in [3.63, 3.8) is 0 Å². The van der Waals surface area contributed by atoms with Crippen molar-refractivity contribution < 1.29 is 28.6 Å². The molecule has 0 amide bonds. The van der Waals surface area contributed by atoms with Crippen molar-refractivity contribution in [2.75, 3.05) is 20.3 Å². The molecule has 0 unspecified atom stereocenters. The number of ether oxygens (including phenoxy) is 3. The number of halogens is 1. The van der Waals surface area contributed by atoms with Crippen molar-refractivity contribution >= 4 is 33.8 Å². The average molecular weight is 428 g/mol. The Kier molecular flexibility index (Phi) is 7.16. The number of benzene rings is 1. The molecule has 7 nitrogen and oxygen atoms in total. The molecule has 1 N–H and O–H groups in total. The van der Waals surface area contributed by atoms with Crippen molar-refractivity contribution in [3.05, 3.63) is 34.3 Å². The van der Waals surface area contributed by atoms with Crippen LogP contribution in [0.25, 0.3) is 0 Å². The Hall–Kier alpha value is -1.93. The van der Waals surface area contributed by atoms with E-state index >= 15 is 0 Å². The molecule has 1 heterocycles. The molecule has 1 fully saturated rings. The molecular formula is C18H22BrNO6. The number of hydrogen-bond donors (Lipinski definition) is 1. The fourth-order valence-corrected chi connectivity index (χ4v) is 3.74. The summed E-state index contributed by atoms with van der Waals surface area (Å²) in [7, 11) is 1.23. The molecule has 0 radical (unpaired) electrons.